The lowest BCUT2D eigenvalue weighted by Crippen LogP contribution is -2.04. The molecule has 0 spiro atoms. The quantitative estimate of drug-likeness (QED) is 0.862. The summed E-state index contributed by atoms with van der Waals surface area (Å²) in [7, 11) is 0. The number of aliphatic hydroxyl groups is 1. The molecule has 1 nitrogen and oxygen atoms in total. The summed E-state index contributed by atoms with van der Waals surface area (Å²) >= 11 is 3.56. The molecule has 1 heterocycles. The number of aliphatic hydroxyl groups excluding tert-OH is 1. The Labute approximate surface area is 111 Å². The second-order valence-corrected chi connectivity index (χ2v) is 6.64. The Bertz CT molecular complexity index is 478. The first-order valence-electron chi connectivity index (χ1n) is 5.98. The molecule has 0 saturated carbocycles. The van der Waals surface area contributed by atoms with Crippen molar-refractivity contribution in [3.05, 3.63) is 35.2 Å². The minimum absolute atomic E-state index is 0.351. The van der Waals surface area contributed by atoms with E-state index < -0.39 is 0 Å². The van der Waals surface area contributed by atoms with Crippen molar-refractivity contribution in [2.75, 3.05) is 5.75 Å². The number of hydrogen-bond acceptors (Lipinski definition) is 3. The molecule has 0 radical (unpaired) electrons. The second kappa shape index (κ2) is 5.89. The van der Waals surface area contributed by atoms with E-state index in [1.165, 1.54) is 10.1 Å². The molecule has 0 aliphatic rings. The summed E-state index contributed by atoms with van der Waals surface area (Å²) in [6.07, 6.45) is 0.803. The first kappa shape index (κ1) is 12.9. The molecule has 0 aliphatic heterocycles. The first-order valence-corrected chi connectivity index (χ1v) is 7.91. The van der Waals surface area contributed by atoms with E-state index >= 15 is 0 Å². The predicted octanol–water partition coefficient (Wildman–Crippen LogP) is 4.47. The molecule has 0 saturated heterocycles. The molecule has 0 fully saturated rings. The van der Waals surface area contributed by atoms with Crippen molar-refractivity contribution in [1.82, 2.24) is 0 Å². The molecule has 3 heteroatoms. The van der Waals surface area contributed by atoms with E-state index in [1.807, 2.05) is 23.9 Å². The Hall–Kier alpha value is -0.510. The number of benzene rings is 1. The van der Waals surface area contributed by atoms with Gasteiger partial charge in [0.25, 0.3) is 0 Å². The van der Waals surface area contributed by atoms with E-state index in [0.717, 1.165) is 17.7 Å². The molecule has 1 N–H and O–H groups in total. The summed E-state index contributed by atoms with van der Waals surface area (Å²) in [5, 5.41) is 14.2. The van der Waals surface area contributed by atoms with Crippen molar-refractivity contribution in [3.8, 4) is 0 Å². The van der Waals surface area contributed by atoms with Crippen LogP contribution in [0.2, 0.25) is 0 Å². The summed E-state index contributed by atoms with van der Waals surface area (Å²) < 4.78 is 1.23. The van der Waals surface area contributed by atoms with Gasteiger partial charge in [0, 0.05) is 15.7 Å². The summed E-state index contributed by atoms with van der Waals surface area (Å²) in [5.41, 5.74) is 1.08. The van der Waals surface area contributed by atoms with Gasteiger partial charge in [-0.15, -0.1) is 11.3 Å². The third-order valence-corrected chi connectivity index (χ3v) is 5.37. The smallest absolute Gasteiger partial charge is 0.0894 e. The lowest BCUT2D eigenvalue weighted by molar-refractivity contribution is 0.206. The van der Waals surface area contributed by atoms with Gasteiger partial charge in [0.15, 0.2) is 0 Å². The van der Waals surface area contributed by atoms with Crippen LogP contribution in [0.4, 0.5) is 0 Å². The lowest BCUT2D eigenvalue weighted by atomic mass is 10.1. The number of thioether (sulfide) groups is 1. The maximum atomic E-state index is 10.3. The topological polar surface area (TPSA) is 20.2 Å². The summed E-state index contributed by atoms with van der Waals surface area (Å²) in [4.78, 5) is 0. The minimum Gasteiger partial charge on any atom is -0.387 e. The number of thiophene rings is 1. The largest absolute Gasteiger partial charge is 0.387 e. The standard InChI is InChI=1S/C14H18OS2/c1-3-10(2)17-9-13(15)12-6-4-5-11-7-8-16-14(11)12/h4-8,10,13,15H,3,9H2,1-2H3. The van der Waals surface area contributed by atoms with Crippen molar-refractivity contribution in [1.29, 1.82) is 0 Å². The first-order chi connectivity index (χ1) is 8.22. The number of rotatable bonds is 5. The van der Waals surface area contributed by atoms with Gasteiger partial charge in [-0.25, -0.2) is 0 Å². The van der Waals surface area contributed by atoms with Crippen LogP contribution in [0.1, 0.15) is 31.9 Å². The second-order valence-electron chi connectivity index (χ2n) is 4.25. The summed E-state index contributed by atoms with van der Waals surface area (Å²) in [5.74, 6) is 0.784. The molecule has 17 heavy (non-hydrogen) atoms. The average Bonchev–Trinajstić information content (AvgIpc) is 2.83. The van der Waals surface area contributed by atoms with Crippen LogP contribution in [0.25, 0.3) is 10.1 Å². The van der Waals surface area contributed by atoms with Crippen LogP contribution < -0.4 is 0 Å². The summed E-state index contributed by atoms with van der Waals surface area (Å²) in [6, 6.07) is 8.28. The molecular weight excluding hydrogens is 248 g/mol. The fraction of sp³-hybridized carbons (Fsp3) is 0.429. The van der Waals surface area contributed by atoms with Gasteiger partial charge in [0.1, 0.15) is 0 Å². The maximum absolute atomic E-state index is 10.3. The number of fused-ring (bicyclic) bond motifs is 1. The van der Waals surface area contributed by atoms with Crippen LogP contribution in [-0.4, -0.2) is 16.1 Å². The molecule has 2 rings (SSSR count). The Kier molecular flexibility index (Phi) is 4.48. The molecule has 2 aromatic rings. The van der Waals surface area contributed by atoms with Crippen molar-refractivity contribution >= 4 is 33.2 Å². The fourth-order valence-electron chi connectivity index (χ4n) is 1.74. The minimum atomic E-state index is -0.351. The molecule has 1 aromatic heterocycles. The van der Waals surface area contributed by atoms with Crippen molar-refractivity contribution < 1.29 is 5.11 Å². The Morgan fingerprint density at radius 2 is 2.18 bits per heavy atom. The van der Waals surface area contributed by atoms with Gasteiger partial charge < -0.3 is 5.11 Å². The van der Waals surface area contributed by atoms with Crippen molar-refractivity contribution in [2.45, 2.75) is 31.6 Å². The zero-order valence-corrected chi connectivity index (χ0v) is 11.9. The average molecular weight is 266 g/mol. The molecule has 0 aliphatic carbocycles. The predicted molar refractivity (Wildman–Crippen MR) is 79.0 cm³/mol. The highest BCUT2D eigenvalue weighted by Gasteiger charge is 2.13. The highest BCUT2D eigenvalue weighted by atomic mass is 32.2. The van der Waals surface area contributed by atoms with Crippen LogP contribution in [0.5, 0.6) is 0 Å². The highest BCUT2D eigenvalue weighted by molar-refractivity contribution is 7.99. The molecule has 1 aromatic carbocycles. The maximum Gasteiger partial charge on any atom is 0.0894 e. The lowest BCUT2D eigenvalue weighted by Gasteiger charge is -2.14. The molecular formula is C14H18OS2. The van der Waals surface area contributed by atoms with E-state index in [0.29, 0.717) is 5.25 Å². The monoisotopic (exact) mass is 266 g/mol. The SMILES string of the molecule is CCC(C)SCC(O)c1cccc2ccsc12. The van der Waals surface area contributed by atoms with Gasteiger partial charge in [-0.3, -0.25) is 0 Å². The third kappa shape index (κ3) is 3.03. The number of hydrogen-bond donors (Lipinski definition) is 1. The molecule has 92 valence electrons. The van der Waals surface area contributed by atoms with Crippen molar-refractivity contribution in [2.24, 2.45) is 0 Å². The van der Waals surface area contributed by atoms with Gasteiger partial charge in [0.2, 0.25) is 0 Å². The van der Waals surface area contributed by atoms with Gasteiger partial charge in [-0.05, 0) is 28.8 Å². The van der Waals surface area contributed by atoms with Gasteiger partial charge in [0.05, 0.1) is 6.10 Å². The van der Waals surface area contributed by atoms with E-state index in [9.17, 15) is 5.11 Å². The molecule has 0 amide bonds. The van der Waals surface area contributed by atoms with Crippen molar-refractivity contribution in [3.63, 3.8) is 0 Å². The van der Waals surface area contributed by atoms with E-state index in [-0.39, 0.29) is 6.10 Å². The zero-order chi connectivity index (χ0) is 12.3. The fourth-order valence-corrected chi connectivity index (χ4v) is 3.63. The Morgan fingerprint density at radius 1 is 1.35 bits per heavy atom. The van der Waals surface area contributed by atoms with Gasteiger partial charge >= 0.3 is 0 Å². The van der Waals surface area contributed by atoms with Crippen LogP contribution >= 0.6 is 23.1 Å². The van der Waals surface area contributed by atoms with Crippen LogP contribution in [0.15, 0.2) is 29.6 Å². The van der Waals surface area contributed by atoms with Crippen LogP contribution in [0.3, 0.4) is 0 Å². The highest BCUT2D eigenvalue weighted by Crippen LogP contribution is 2.31. The van der Waals surface area contributed by atoms with Crippen LogP contribution in [-0.2, 0) is 0 Å². The van der Waals surface area contributed by atoms with Gasteiger partial charge in [-0.2, -0.15) is 11.8 Å². The Morgan fingerprint density at radius 3 is 2.94 bits per heavy atom. The molecule has 0 bridgehead atoms. The molecule has 2 unspecified atom stereocenters. The van der Waals surface area contributed by atoms with E-state index in [2.05, 4.69) is 31.4 Å². The Balaban J connectivity index is 2.13. The summed E-state index contributed by atoms with van der Waals surface area (Å²) in [6.45, 7) is 4.40. The van der Waals surface area contributed by atoms with Crippen LogP contribution in [0, 0.1) is 0 Å². The van der Waals surface area contributed by atoms with E-state index in [1.54, 1.807) is 11.3 Å². The zero-order valence-electron chi connectivity index (χ0n) is 10.2. The van der Waals surface area contributed by atoms with E-state index in [4.69, 9.17) is 0 Å². The molecule has 2 atom stereocenters. The van der Waals surface area contributed by atoms with Gasteiger partial charge in [-0.1, -0.05) is 32.0 Å². The normalized spacial score (nSPS) is 15.0. The third-order valence-electron chi connectivity index (χ3n) is 2.98.